The second-order valence-corrected chi connectivity index (χ2v) is 13.8. The average molecular weight is 551 g/mol. The molecule has 3 heterocycles. The molecule has 3 aromatic rings. The number of carbonyl (C=O) groups excluding carboxylic acids is 2. The summed E-state index contributed by atoms with van der Waals surface area (Å²) >= 11 is 1.79. The van der Waals surface area contributed by atoms with Gasteiger partial charge in [-0.25, -0.2) is 4.98 Å². The maximum atomic E-state index is 13.0. The van der Waals surface area contributed by atoms with Crippen LogP contribution in [0.4, 0.5) is 0 Å². The van der Waals surface area contributed by atoms with Gasteiger partial charge in [-0.05, 0) is 65.8 Å². The highest BCUT2D eigenvalue weighted by Gasteiger charge is 2.27. The number of likely N-dealkylation sites (tertiary alicyclic amines) is 1. The first-order valence-electron chi connectivity index (χ1n) is 13.7. The quantitative estimate of drug-likeness (QED) is 0.350. The smallest absolute Gasteiger partial charge is 0.311 e. The second kappa shape index (κ2) is 11.2. The molecule has 210 valence electrons. The topological polar surface area (TPSA) is 77.3 Å². The Balaban J connectivity index is 1.41. The molecule has 1 aliphatic rings. The maximum Gasteiger partial charge on any atom is 0.311 e. The molecule has 0 spiro atoms. The molecule has 1 aliphatic heterocycles. The number of aryl methyl sites for hydroxylation is 1. The first kappa shape index (κ1) is 29.0. The minimum atomic E-state index is -0.337. The van der Waals surface area contributed by atoms with E-state index in [0.29, 0.717) is 11.6 Å². The van der Waals surface area contributed by atoms with Gasteiger partial charge in [-0.1, -0.05) is 47.6 Å². The largest absolute Gasteiger partial charge is 0.469 e. The number of aromatic nitrogens is 3. The summed E-state index contributed by atoms with van der Waals surface area (Å²) in [7, 11) is 1.36. The van der Waals surface area contributed by atoms with E-state index in [9.17, 15) is 9.59 Å². The van der Waals surface area contributed by atoms with Gasteiger partial charge in [-0.2, -0.15) is 5.10 Å². The number of hydrogen-bond donors (Lipinski definition) is 0. The first-order valence-corrected chi connectivity index (χ1v) is 14.6. The average Bonchev–Trinajstić information content (AvgIpc) is 3.49. The van der Waals surface area contributed by atoms with E-state index in [0.717, 1.165) is 36.6 Å². The molecule has 2 aromatic heterocycles. The van der Waals surface area contributed by atoms with Gasteiger partial charge in [0.05, 0.1) is 19.2 Å². The lowest BCUT2D eigenvalue weighted by Gasteiger charge is -2.31. The molecule has 4 rings (SSSR count). The van der Waals surface area contributed by atoms with Crippen LogP contribution in [0, 0.1) is 6.92 Å². The lowest BCUT2D eigenvalue weighted by atomic mass is 9.79. The monoisotopic (exact) mass is 550 g/mol. The molecule has 7 nitrogen and oxygen atoms in total. The number of nitrogens with zero attached hydrogens (tertiary/aromatic N) is 4. The Morgan fingerprint density at radius 2 is 1.62 bits per heavy atom. The Kier molecular flexibility index (Phi) is 8.36. The van der Waals surface area contributed by atoms with Crippen LogP contribution >= 0.6 is 11.3 Å². The number of piperidine rings is 1. The van der Waals surface area contributed by atoms with Crippen molar-refractivity contribution < 1.29 is 14.3 Å². The summed E-state index contributed by atoms with van der Waals surface area (Å²) < 4.78 is 6.40. The predicted octanol–water partition coefficient (Wildman–Crippen LogP) is 6.03. The molecule has 0 aliphatic carbocycles. The molecule has 0 bridgehead atoms. The van der Waals surface area contributed by atoms with Crippen LogP contribution in [-0.2, 0) is 38.1 Å². The third kappa shape index (κ3) is 6.96. The van der Waals surface area contributed by atoms with Gasteiger partial charge in [0.1, 0.15) is 11.6 Å². The van der Waals surface area contributed by atoms with Crippen LogP contribution in [0.15, 0.2) is 30.5 Å². The predicted molar refractivity (Wildman–Crippen MR) is 156 cm³/mol. The first-order chi connectivity index (χ1) is 18.2. The van der Waals surface area contributed by atoms with Crippen molar-refractivity contribution in [3.8, 4) is 10.6 Å². The summed E-state index contributed by atoms with van der Waals surface area (Å²) in [5, 5.41) is 5.50. The molecule has 1 amide bonds. The summed E-state index contributed by atoms with van der Waals surface area (Å²) in [6.07, 6.45) is 4.00. The fourth-order valence-electron chi connectivity index (χ4n) is 4.91. The summed E-state index contributed by atoms with van der Waals surface area (Å²) in [4.78, 5) is 32.7. The molecule has 1 saturated heterocycles. The Labute approximate surface area is 236 Å². The van der Waals surface area contributed by atoms with E-state index in [-0.39, 0.29) is 35.7 Å². The zero-order valence-electron chi connectivity index (χ0n) is 24.6. The van der Waals surface area contributed by atoms with Crippen molar-refractivity contribution in [3.05, 3.63) is 57.9 Å². The van der Waals surface area contributed by atoms with Crippen molar-refractivity contribution in [1.82, 2.24) is 19.7 Å². The molecule has 8 heteroatoms. The second-order valence-electron chi connectivity index (χ2n) is 12.7. The third-order valence-electron chi connectivity index (χ3n) is 7.56. The number of ether oxygens (including phenoxy) is 1. The highest BCUT2D eigenvalue weighted by molar-refractivity contribution is 7.15. The van der Waals surface area contributed by atoms with Gasteiger partial charge in [0.25, 0.3) is 0 Å². The zero-order chi connectivity index (χ0) is 28.5. The van der Waals surface area contributed by atoms with E-state index in [1.165, 1.54) is 28.7 Å². The van der Waals surface area contributed by atoms with Crippen molar-refractivity contribution in [1.29, 1.82) is 0 Å². The van der Waals surface area contributed by atoms with Crippen LogP contribution in [0.2, 0.25) is 0 Å². The SMILES string of the molecule is COC(=O)Cc1cc(C)n(CC(=O)N2CCC(c3cnc(-c4cc(C(C)(C)C)cc(C(C)(C)C)c4)s3)CC2)n1. The summed E-state index contributed by atoms with van der Waals surface area (Å²) in [5.74, 6) is 0.130. The van der Waals surface area contributed by atoms with Gasteiger partial charge in [-0.3, -0.25) is 14.3 Å². The van der Waals surface area contributed by atoms with E-state index in [1.54, 1.807) is 16.0 Å². The Morgan fingerprint density at radius 1 is 1.00 bits per heavy atom. The molecule has 0 saturated carbocycles. The van der Waals surface area contributed by atoms with Gasteiger partial charge < -0.3 is 9.64 Å². The van der Waals surface area contributed by atoms with Gasteiger partial charge in [0.2, 0.25) is 5.91 Å². The van der Waals surface area contributed by atoms with Gasteiger partial charge in [-0.15, -0.1) is 11.3 Å². The van der Waals surface area contributed by atoms with Gasteiger partial charge in [0.15, 0.2) is 0 Å². The number of hydrogen-bond acceptors (Lipinski definition) is 6. The Hall–Kier alpha value is -3.00. The van der Waals surface area contributed by atoms with Gasteiger partial charge in [0, 0.05) is 35.4 Å². The molecule has 0 radical (unpaired) electrons. The summed E-state index contributed by atoms with van der Waals surface area (Å²) in [5.41, 5.74) is 5.46. The van der Waals surface area contributed by atoms with E-state index in [2.05, 4.69) is 64.8 Å². The van der Waals surface area contributed by atoms with Crippen LogP contribution in [0.5, 0.6) is 0 Å². The highest BCUT2D eigenvalue weighted by atomic mass is 32.1. The Morgan fingerprint density at radius 3 is 2.18 bits per heavy atom. The summed E-state index contributed by atoms with van der Waals surface area (Å²) in [6, 6.07) is 8.77. The lowest BCUT2D eigenvalue weighted by molar-refractivity contribution is -0.139. The van der Waals surface area contributed by atoms with E-state index < -0.39 is 0 Å². The van der Waals surface area contributed by atoms with Crippen LogP contribution < -0.4 is 0 Å². The Bertz CT molecular complexity index is 1300. The van der Waals surface area contributed by atoms with E-state index >= 15 is 0 Å². The van der Waals surface area contributed by atoms with E-state index in [1.807, 2.05) is 24.1 Å². The maximum absolute atomic E-state index is 13.0. The standard InChI is InChI=1S/C31H42N4O3S/c1-20-13-25(17-28(37)38-8)33-35(20)19-27(36)34-11-9-21(10-12-34)26-18-32-29(39-26)22-14-23(30(2,3)4)16-24(15-22)31(5,6)7/h13-16,18,21H,9-12,17,19H2,1-8H3. The molecule has 1 aromatic carbocycles. The van der Waals surface area contributed by atoms with Crippen LogP contribution in [0.25, 0.3) is 10.6 Å². The normalized spacial score (nSPS) is 15.0. The molecular formula is C31H42N4O3S. The molecule has 1 fully saturated rings. The third-order valence-corrected chi connectivity index (χ3v) is 8.76. The zero-order valence-corrected chi connectivity index (χ0v) is 25.4. The number of carbonyl (C=O) groups is 2. The van der Waals surface area contributed by atoms with Crippen molar-refractivity contribution in [2.24, 2.45) is 0 Å². The minimum absolute atomic E-state index is 0.0583. The number of rotatable bonds is 6. The molecule has 0 unspecified atom stereocenters. The fraction of sp³-hybridized carbons (Fsp3) is 0.548. The molecule has 0 N–H and O–H groups in total. The van der Waals surface area contributed by atoms with Crippen LogP contribution in [0.3, 0.4) is 0 Å². The summed E-state index contributed by atoms with van der Waals surface area (Å²) in [6.45, 7) is 17.1. The number of esters is 1. The van der Waals surface area contributed by atoms with Crippen LogP contribution in [-0.4, -0.2) is 51.7 Å². The number of amides is 1. The van der Waals surface area contributed by atoms with Crippen molar-refractivity contribution >= 4 is 23.2 Å². The van der Waals surface area contributed by atoms with Crippen molar-refractivity contribution in [2.75, 3.05) is 20.2 Å². The van der Waals surface area contributed by atoms with E-state index in [4.69, 9.17) is 9.72 Å². The van der Waals surface area contributed by atoms with Crippen LogP contribution in [0.1, 0.15) is 87.7 Å². The number of methoxy groups -OCH3 is 1. The van der Waals surface area contributed by atoms with Crippen molar-refractivity contribution in [2.45, 2.75) is 91.0 Å². The molecule has 0 atom stereocenters. The number of thiazole rings is 1. The minimum Gasteiger partial charge on any atom is -0.469 e. The number of benzene rings is 1. The molecule has 39 heavy (non-hydrogen) atoms. The van der Waals surface area contributed by atoms with Gasteiger partial charge >= 0.3 is 5.97 Å². The lowest BCUT2D eigenvalue weighted by Crippen LogP contribution is -2.40. The molecular weight excluding hydrogens is 508 g/mol. The van der Waals surface area contributed by atoms with Crippen molar-refractivity contribution in [3.63, 3.8) is 0 Å². The fourth-order valence-corrected chi connectivity index (χ4v) is 5.98. The highest BCUT2D eigenvalue weighted by Crippen LogP contribution is 2.38.